The fourth-order valence-electron chi connectivity index (χ4n) is 7.05. The van der Waals surface area contributed by atoms with Crippen molar-refractivity contribution in [1.29, 1.82) is 0 Å². The second-order valence-corrected chi connectivity index (χ2v) is 9.52. The van der Waals surface area contributed by atoms with E-state index in [4.69, 9.17) is 5.73 Å². The Balaban J connectivity index is 1.22. The molecule has 126 valence electrons. The lowest BCUT2D eigenvalue weighted by Crippen LogP contribution is -2.25. The molecule has 0 aromatic carbocycles. The molecule has 4 aliphatic rings. The number of hydrogen-bond acceptors (Lipinski definition) is 1. The lowest BCUT2D eigenvalue weighted by Gasteiger charge is -2.24. The number of rotatable bonds is 4. The summed E-state index contributed by atoms with van der Waals surface area (Å²) >= 11 is 0. The molecule has 4 fully saturated rings. The minimum atomic E-state index is 0.510. The first kappa shape index (κ1) is 15.5. The van der Waals surface area contributed by atoms with E-state index in [1.807, 2.05) is 0 Å². The number of hydrogen-bond donors (Lipinski definition) is 1. The molecule has 0 aromatic heterocycles. The zero-order valence-corrected chi connectivity index (χ0v) is 14.5. The predicted octanol–water partition coefficient (Wildman–Crippen LogP) is 5.53. The summed E-state index contributed by atoms with van der Waals surface area (Å²) in [5.74, 6) is 6.29. The zero-order chi connectivity index (χ0) is 14.9. The van der Waals surface area contributed by atoms with Crippen LogP contribution in [-0.4, -0.2) is 6.04 Å². The van der Waals surface area contributed by atoms with Gasteiger partial charge in [0.15, 0.2) is 0 Å². The summed E-state index contributed by atoms with van der Waals surface area (Å²) in [5.41, 5.74) is 6.61. The van der Waals surface area contributed by atoms with E-state index in [1.54, 1.807) is 0 Å². The van der Waals surface area contributed by atoms with Crippen LogP contribution in [0.5, 0.6) is 0 Å². The van der Waals surface area contributed by atoms with Crippen molar-refractivity contribution >= 4 is 0 Å². The van der Waals surface area contributed by atoms with Gasteiger partial charge in [-0.2, -0.15) is 0 Å². The third-order valence-electron chi connectivity index (χ3n) is 7.95. The molecule has 0 saturated heterocycles. The van der Waals surface area contributed by atoms with Gasteiger partial charge in [0.2, 0.25) is 0 Å². The van der Waals surface area contributed by atoms with Gasteiger partial charge in [-0.15, -0.1) is 0 Å². The Morgan fingerprint density at radius 1 is 0.591 bits per heavy atom. The van der Waals surface area contributed by atoms with E-state index in [0.29, 0.717) is 6.04 Å². The average Bonchev–Trinajstić information content (AvgIpc) is 3.08. The van der Waals surface area contributed by atoms with Crippen LogP contribution in [0.25, 0.3) is 0 Å². The smallest absolute Gasteiger partial charge is 0.00441 e. The molecule has 0 aliphatic heterocycles. The van der Waals surface area contributed by atoms with Gasteiger partial charge in [0, 0.05) is 6.04 Å². The molecule has 1 heteroatoms. The normalized spacial score (nSPS) is 46.2. The van der Waals surface area contributed by atoms with Crippen molar-refractivity contribution in [2.24, 2.45) is 41.2 Å². The summed E-state index contributed by atoms with van der Waals surface area (Å²) < 4.78 is 0. The Morgan fingerprint density at radius 3 is 1.23 bits per heavy atom. The third kappa shape index (κ3) is 3.40. The molecule has 4 atom stereocenters. The molecule has 4 aliphatic carbocycles. The van der Waals surface area contributed by atoms with Crippen LogP contribution in [-0.2, 0) is 0 Å². The first-order valence-electron chi connectivity index (χ1n) is 10.5. The zero-order valence-electron chi connectivity index (χ0n) is 14.5. The molecule has 0 bridgehead atoms. The van der Waals surface area contributed by atoms with Crippen LogP contribution in [0.4, 0.5) is 0 Å². The highest BCUT2D eigenvalue weighted by Crippen LogP contribution is 2.48. The quantitative estimate of drug-likeness (QED) is 0.726. The van der Waals surface area contributed by atoms with Gasteiger partial charge < -0.3 is 5.73 Å². The third-order valence-corrected chi connectivity index (χ3v) is 7.95. The van der Waals surface area contributed by atoms with Crippen LogP contribution in [0.15, 0.2) is 0 Å². The monoisotopic (exact) mass is 303 g/mol. The first-order valence-corrected chi connectivity index (χ1v) is 10.5. The van der Waals surface area contributed by atoms with Gasteiger partial charge >= 0.3 is 0 Å². The summed E-state index contributed by atoms with van der Waals surface area (Å²) in [7, 11) is 0. The van der Waals surface area contributed by atoms with Crippen molar-refractivity contribution in [2.45, 2.75) is 95.9 Å². The highest BCUT2D eigenvalue weighted by atomic mass is 14.6. The summed E-state index contributed by atoms with van der Waals surface area (Å²) in [6.45, 7) is 0. The van der Waals surface area contributed by atoms with Crippen molar-refractivity contribution in [3.05, 3.63) is 0 Å². The standard InChI is InChI=1S/C21H37N/c22-21(13-15-9-17-5-1-2-6-18(17)10-15)14-16-11-19-7-3-4-8-20(19)12-16/h15-21H,1-14,22H2. The number of fused-ring (bicyclic) bond motifs is 2. The van der Waals surface area contributed by atoms with Gasteiger partial charge in [-0.05, 0) is 74.0 Å². The summed E-state index contributed by atoms with van der Waals surface area (Å²) in [4.78, 5) is 0. The maximum Gasteiger partial charge on any atom is 0.00441 e. The minimum absolute atomic E-state index is 0.510. The lowest BCUT2D eigenvalue weighted by atomic mass is 9.82. The van der Waals surface area contributed by atoms with Crippen molar-refractivity contribution in [3.8, 4) is 0 Å². The molecule has 2 N–H and O–H groups in total. The average molecular weight is 304 g/mol. The van der Waals surface area contributed by atoms with Crippen LogP contribution in [0.3, 0.4) is 0 Å². The van der Waals surface area contributed by atoms with E-state index in [9.17, 15) is 0 Å². The van der Waals surface area contributed by atoms with E-state index in [0.717, 1.165) is 35.5 Å². The Bertz CT molecular complexity index is 303. The fourth-order valence-corrected chi connectivity index (χ4v) is 7.05. The minimum Gasteiger partial charge on any atom is -0.328 e. The van der Waals surface area contributed by atoms with Crippen molar-refractivity contribution < 1.29 is 0 Å². The Labute approximate surface area is 137 Å². The molecule has 0 heterocycles. The van der Waals surface area contributed by atoms with E-state index >= 15 is 0 Å². The van der Waals surface area contributed by atoms with Gasteiger partial charge in [0.25, 0.3) is 0 Å². The lowest BCUT2D eigenvalue weighted by molar-refractivity contribution is 0.277. The number of nitrogens with two attached hydrogens (primary N) is 1. The molecule has 0 amide bonds. The molecule has 4 rings (SSSR count). The van der Waals surface area contributed by atoms with Crippen LogP contribution in [0, 0.1) is 35.5 Å². The Morgan fingerprint density at radius 2 is 0.909 bits per heavy atom. The van der Waals surface area contributed by atoms with Crippen LogP contribution < -0.4 is 5.73 Å². The van der Waals surface area contributed by atoms with E-state index in [-0.39, 0.29) is 0 Å². The van der Waals surface area contributed by atoms with Crippen LogP contribution in [0.2, 0.25) is 0 Å². The van der Waals surface area contributed by atoms with Gasteiger partial charge in [-0.3, -0.25) is 0 Å². The summed E-state index contributed by atoms with van der Waals surface area (Å²) in [5, 5.41) is 0. The summed E-state index contributed by atoms with van der Waals surface area (Å²) in [6, 6.07) is 0.510. The highest BCUT2D eigenvalue weighted by molar-refractivity contribution is 4.90. The molecular formula is C21H37N. The Kier molecular flexibility index (Phi) is 4.81. The molecule has 0 spiro atoms. The molecule has 4 unspecified atom stereocenters. The maximum atomic E-state index is 6.61. The predicted molar refractivity (Wildman–Crippen MR) is 93.6 cm³/mol. The molecule has 0 aromatic rings. The highest BCUT2D eigenvalue weighted by Gasteiger charge is 2.38. The molecule has 4 saturated carbocycles. The van der Waals surface area contributed by atoms with Gasteiger partial charge in [-0.25, -0.2) is 0 Å². The second-order valence-electron chi connectivity index (χ2n) is 9.52. The van der Waals surface area contributed by atoms with Crippen LogP contribution in [0.1, 0.15) is 89.9 Å². The van der Waals surface area contributed by atoms with E-state index < -0.39 is 0 Å². The van der Waals surface area contributed by atoms with Gasteiger partial charge in [0.05, 0.1) is 0 Å². The first-order chi connectivity index (χ1) is 10.8. The molecule has 1 nitrogen and oxygen atoms in total. The van der Waals surface area contributed by atoms with Crippen molar-refractivity contribution in [2.75, 3.05) is 0 Å². The molecule has 22 heavy (non-hydrogen) atoms. The SMILES string of the molecule is NC(CC1CC2CCCCC2C1)CC1CC2CCCCC2C1. The summed E-state index contributed by atoms with van der Waals surface area (Å²) in [6.07, 6.45) is 20.9. The van der Waals surface area contributed by atoms with Gasteiger partial charge in [-0.1, -0.05) is 51.4 Å². The molecule has 0 radical (unpaired) electrons. The van der Waals surface area contributed by atoms with Crippen molar-refractivity contribution in [3.63, 3.8) is 0 Å². The van der Waals surface area contributed by atoms with E-state index in [2.05, 4.69) is 0 Å². The largest absolute Gasteiger partial charge is 0.328 e. The van der Waals surface area contributed by atoms with Crippen LogP contribution >= 0.6 is 0 Å². The second kappa shape index (κ2) is 6.83. The topological polar surface area (TPSA) is 26.0 Å². The Hall–Kier alpha value is -0.0400. The maximum absolute atomic E-state index is 6.61. The van der Waals surface area contributed by atoms with E-state index in [1.165, 1.54) is 89.9 Å². The molecular weight excluding hydrogens is 266 g/mol. The van der Waals surface area contributed by atoms with Gasteiger partial charge in [0.1, 0.15) is 0 Å². The fraction of sp³-hybridized carbons (Fsp3) is 1.00. The van der Waals surface area contributed by atoms with Crippen molar-refractivity contribution in [1.82, 2.24) is 0 Å².